The average molecular weight is 473 g/mol. The van der Waals surface area contributed by atoms with Crippen molar-refractivity contribution in [3.63, 3.8) is 0 Å². The van der Waals surface area contributed by atoms with Gasteiger partial charge in [0.25, 0.3) is 0 Å². The van der Waals surface area contributed by atoms with Crippen LogP contribution in [0.4, 0.5) is 11.5 Å². The van der Waals surface area contributed by atoms with E-state index in [1.165, 1.54) is 11.8 Å². The molecule has 0 aliphatic carbocycles. The van der Waals surface area contributed by atoms with Gasteiger partial charge in [-0.15, -0.1) is 16.8 Å². The first-order chi connectivity index (χ1) is 14.0. The molecule has 0 bridgehead atoms. The second-order valence-electron chi connectivity index (χ2n) is 6.35. The van der Waals surface area contributed by atoms with Crippen LogP contribution in [0.1, 0.15) is 0 Å². The van der Waals surface area contributed by atoms with Crippen molar-refractivity contribution in [1.82, 2.24) is 19.7 Å². The Kier molecular flexibility index (Phi) is 7.05. The maximum Gasteiger partial charge on any atom is 0.236 e. The number of hydrogen-bond acceptors (Lipinski definition) is 6. The number of allylic oxidation sites excluding steroid dienone is 1. The Morgan fingerprint density at radius 1 is 1.31 bits per heavy atom. The topological polar surface area (TPSA) is 75.9 Å². The summed E-state index contributed by atoms with van der Waals surface area (Å²) in [7, 11) is 3.99. The fourth-order valence-corrected chi connectivity index (χ4v) is 3.57. The molecule has 0 fully saturated rings. The van der Waals surface area contributed by atoms with Gasteiger partial charge in [0.1, 0.15) is 5.82 Å². The van der Waals surface area contributed by atoms with E-state index < -0.39 is 0 Å². The van der Waals surface area contributed by atoms with Gasteiger partial charge in [0, 0.05) is 42.6 Å². The van der Waals surface area contributed by atoms with Gasteiger partial charge in [0.05, 0.1) is 5.75 Å². The number of carbonyl (C=O) groups excluding carboxylic acids is 1. The third-order valence-corrected chi connectivity index (χ3v) is 5.41. The number of nitrogens with one attached hydrogen (secondary N) is 1. The Bertz CT molecular complexity index is 1000. The van der Waals surface area contributed by atoms with Crippen molar-refractivity contribution in [3.8, 4) is 11.4 Å². The number of amides is 1. The van der Waals surface area contributed by atoms with E-state index in [9.17, 15) is 4.79 Å². The third-order valence-electron chi connectivity index (χ3n) is 3.98. The summed E-state index contributed by atoms with van der Waals surface area (Å²) in [4.78, 5) is 18.5. The molecule has 1 aromatic carbocycles. The molecule has 2 aromatic heterocycles. The van der Waals surface area contributed by atoms with Crippen molar-refractivity contribution in [2.24, 2.45) is 0 Å². The summed E-state index contributed by atoms with van der Waals surface area (Å²) >= 11 is 4.65. The molecule has 150 valence electrons. The van der Waals surface area contributed by atoms with Crippen molar-refractivity contribution in [3.05, 3.63) is 59.7 Å². The van der Waals surface area contributed by atoms with Gasteiger partial charge in [-0.1, -0.05) is 30.0 Å². The van der Waals surface area contributed by atoms with Crippen LogP contribution in [-0.4, -0.2) is 45.5 Å². The Labute approximate surface area is 182 Å². The van der Waals surface area contributed by atoms with E-state index in [-0.39, 0.29) is 11.7 Å². The minimum atomic E-state index is -0.158. The maximum atomic E-state index is 12.3. The second-order valence-corrected chi connectivity index (χ2v) is 8.21. The first-order valence-electron chi connectivity index (χ1n) is 8.84. The Balaban J connectivity index is 1.74. The van der Waals surface area contributed by atoms with Crippen LogP contribution in [0.5, 0.6) is 0 Å². The number of anilines is 2. The summed E-state index contributed by atoms with van der Waals surface area (Å²) in [5.41, 5.74) is 2.03. The molecule has 7 nitrogen and oxygen atoms in total. The first-order valence-corrected chi connectivity index (χ1v) is 10.6. The van der Waals surface area contributed by atoms with Gasteiger partial charge in [-0.25, -0.2) is 4.98 Å². The number of nitrogens with zero attached hydrogens (tertiary/aromatic N) is 5. The summed E-state index contributed by atoms with van der Waals surface area (Å²) < 4.78 is 2.81. The summed E-state index contributed by atoms with van der Waals surface area (Å²) in [5.74, 6) is 1.29. The highest BCUT2D eigenvalue weighted by Gasteiger charge is 2.15. The van der Waals surface area contributed by atoms with E-state index in [1.807, 2.05) is 47.8 Å². The third kappa shape index (κ3) is 5.45. The highest BCUT2D eigenvalue weighted by atomic mass is 79.9. The Hall–Kier alpha value is -2.65. The molecule has 1 N–H and O–H groups in total. The lowest BCUT2D eigenvalue weighted by Gasteiger charge is -2.14. The van der Waals surface area contributed by atoms with Gasteiger partial charge >= 0.3 is 0 Å². The van der Waals surface area contributed by atoms with Crippen LogP contribution in [-0.2, 0) is 11.3 Å². The molecule has 0 spiro atoms. The smallest absolute Gasteiger partial charge is 0.236 e. The van der Waals surface area contributed by atoms with E-state index >= 15 is 0 Å². The van der Waals surface area contributed by atoms with Crippen LogP contribution >= 0.6 is 27.7 Å². The van der Waals surface area contributed by atoms with Crippen molar-refractivity contribution >= 4 is 45.1 Å². The first kappa shape index (κ1) is 21.1. The van der Waals surface area contributed by atoms with Crippen molar-refractivity contribution in [2.75, 3.05) is 30.1 Å². The van der Waals surface area contributed by atoms with Crippen molar-refractivity contribution in [2.45, 2.75) is 11.7 Å². The molecular weight excluding hydrogens is 452 g/mol. The Morgan fingerprint density at radius 3 is 2.83 bits per heavy atom. The maximum absolute atomic E-state index is 12.3. The predicted octanol–water partition coefficient (Wildman–Crippen LogP) is 4.09. The molecule has 2 heterocycles. The van der Waals surface area contributed by atoms with Gasteiger partial charge in [0.15, 0.2) is 11.0 Å². The summed E-state index contributed by atoms with van der Waals surface area (Å²) in [6.45, 7) is 4.38. The molecule has 29 heavy (non-hydrogen) atoms. The fourth-order valence-electron chi connectivity index (χ4n) is 2.58. The van der Waals surface area contributed by atoms with Gasteiger partial charge < -0.3 is 10.2 Å². The normalized spacial score (nSPS) is 10.6. The van der Waals surface area contributed by atoms with Crippen molar-refractivity contribution < 1.29 is 4.79 Å². The molecule has 0 atom stereocenters. The standard InChI is InChI=1S/C20H21BrN6OS/c1-4-10-27-19(14-6-5-7-16(11-14)26(2)3)24-25-20(27)29-13-18(28)23-17-9-8-15(21)12-22-17/h4-9,11-12H,1,10,13H2,2-3H3,(H,22,23,28). The van der Waals surface area contributed by atoms with Gasteiger partial charge in [-0.05, 0) is 40.2 Å². The molecule has 3 aromatic rings. The van der Waals surface area contributed by atoms with Gasteiger partial charge in [-0.3, -0.25) is 9.36 Å². The molecule has 0 saturated carbocycles. The molecule has 1 amide bonds. The monoisotopic (exact) mass is 472 g/mol. The molecule has 9 heteroatoms. The van der Waals surface area contributed by atoms with E-state index in [2.05, 4.69) is 49.1 Å². The molecule has 0 radical (unpaired) electrons. The molecule has 0 unspecified atom stereocenters. The SMILES string of the molecule is C=CCn1c(SCC(=O)Nc2ccc(Br)cn2)nnc1-c1cccc(N(C)C)c1. The van der Waals surface area contributed by atoms with E-state index in [1.54, 1.807) is 18.3 Å². The highest BCUT2D eigenvalue weighted by molar-refractivity contribution is 9.10. The van der Waals surface area contributed by atoms with Gasteiger partial charge in [0.2, 0.25) is 5.91 Å². The quantitative estimate of drug-likeness (QED) is 0.393. The zero-order valence-corrected chi connectivity index (χ0v) is 18.6. The lowest BCUT2D eigenvalue weighted by atomic mass is 10.2. The lowest BCUT2D eigenvalue weighted by Crippen LogP contribution is -2.15. The number of halogens is 1. The van der Waals surface area contributed by atoms with E-state index in [0.717, 1.165) is 21.5 Å². The van der Waals surface area contributed by atoms with Crippen LogP contribution in [0.2, 0.25) is 0 Å². The Morgan fingerprint density at radius 2 is 2.14 bits per heavy atom. The van der Waals surface area contributed by atoms with Gasteiger partial charge in [-0.2, -0.15) is 0 Å². The molecular formula is C20H21BrN6OS. The number of benzene rings is 1. The van der Waals surface area contributed by atoms with E-state index in [4.69, 9.17) is 0 Å². The lowest BCUT2D eigenvalue weighted by molar-refractivity contribution is -0.113. The number of hydrogen-bond donors (Lipinski definition) is 1. The highest BCUT2D eigenvalue weighted by Crippen LogP contribution is 2.26. The molecule has 0 aliphatic heterocycles. The summed E-state index contributed by atoms with van der Waals surface area (Å²) in [5, 5.41) is 12.1. The molecule has 3 rings (SSSR count). The molecule has 0 saturated heterocycles. The van der Waals surface area contributed by atoms with E-state index in [0.29, 0.717) is 17.5 Å². The van der Waals surface area contributed by atoms with Crippen LogP contribution in [0.25, 0.3) is 11.4 Å². The number of thioether (sulfide) groups is 1. The second kappa shape index (κ2) is 9.71. The van der Waals surface area contributed by atoms with Crippen LogP contribution in [0, 0.1) is 0 Å². The van der Waals surface area contributed by atoms with Crippen LogP contribution in [0.3, 0.4) is 0 Å². The summed E-state index contributed by atoms with van der Waals surface area (Å²) in [6, 6.07) is 11.6. The minimum Gasteiger partial charge on any atom is -0.378 e. The zero-order valence-electron chi connectivity index (χ0n) is 16.2. The fraction of sp³-hybridized carbons (Fsp3) is 0.200. The predicted molar refractivity (Wildman–Crippen MR) is 121 cm³/mol. The molecule has 0 aliphatic rings. The number of carbonyl (C=O) groups is 1. The summed E-state index contributed by atoms with van der Waals surface area (Å²) in [6.07, 6.45) is 3.43. The average Bonchev–Trinajstić information content (AvgIpc) is 3.11. The number of aromatic nitrogens is 4. The largest absolute Gasteiger partial charge is 0.378 e. The number of pyridine rings is 1. The zero-order chi connectivity index (χ0) is 20.8. The number of rotatable bonds is 8. The minimum absolute atomic E-state index is 0.158. The van der Waals surface area contributed by atoms with Crippen LogP contribution in [0.15, 0.2) is 64.9 Å². The van der Waals surface area contributed by atoms with Crippen molar-refractivity contribution in [1.29, 1.82) is 0 Å². The van der Waals surface area contributed by atoms with Crippen LogP contribution < -0.4 is 10.2 Å².